The van der Waals surface area contributed by atoms with Crippen LogP contribution in [0.5, 0.6) is 0 Å². The lowest BCUT2D eigenvalue weighted by Crippen LogP contribution is -2.12. The standard InChI is InChI=1S/C13H17N3/c1-14-8-10-5-6-16-12(7-10)9-15-13(16)11-3-2-4-11/h5-7,9,11,14H,2-4,8H2,1H3. The molecule has 2 aromatic rings. The van der Waals surface area contributed by atoms with E-state index in [2.05, 4.69) is 33.0 Å². The molecule has 3 heteroatoms. The summed E-state index contributed by atoms with van der Waals surface area (Å²) in [6.45, 7) is 0.917. The predicted molar refractivity (Wildman–Crippen MR) is 64.5 cm³/mol. The first-order valence-electron chi connectivity index (χ1n) is 5.99. The molecular formula is C13H17N3. The summed E-state index contributed by atoms with van der Waals surface area (Å²) < 4.78 is 2.24. The molecule has 16 heavy (non-hydrogen) atoms. The number of nitrogens with zero attached hydrogens (tertiary/aromatic N) is 2. The van der Waals surface area contributed by atoms with E-state index >= 15 is 0 Å². The Labute approximate surface area is 95.5 Å². The van der Waals surface area contributed by atoms with Crippen molar-refractivity contribution in [2.24, 2.45) is 0 Å². The van der Waals surface area contributed by atoms with Crippen LogP contribution >= 0.6 is 0 Å². The first kappa shape index (κ1) is 9.85. The van der Waals surface area contributed by atoms with Crippen LogP contribution < -0.4 is 5.32 Å². The highest BCUT2D eigenvalue weighted by molar-refractivity contribution is 5.48. The van der Waals surface area contributed by atoms with Gasteiger partial charge in [-0.05, 0) is 37.6 Å². The average molecular weight is 215 g/mol. The van der Waals surface area contributed by atoms with Crippen LogP contribution in [0.4, 0.5) is 0 Å². The highest BCUT2D eigenvalue weighted by Gasteiger charge is 2.23. The molecule has 0 bridgehead atoms. The number of fused-ring (bicyclic) bond motifs is 1. The second kappa shape index (κ2) is 3.91. The number of rotatable bonds is 3. The molecule has 2 aromatic heterocycles. The second-order valence-corrected chi connectivity index (χ2v) is 4.60. The largest absolute Gasteiger partial charge is 0.316 e. The topological polar surface area (TPSA) is 29.3 Å². The van der Waals surface area contributed by atoms with Gasteiger partial charge in [-0.2, -0.15) is 0 Å². The van der Waals surface area contributed by atoms with Gasteiger partial charge in [0.1, 0.15) is 5.82 Å². The molecule has 0 saturated heterocycles. The number of nitrogens with one attached hydrogen (secondary N) is 1. The minimum absolute atomic E-state index is 0.692. The van der Waals surface area contributed by atoms with Gasteiger partial charge in [0.15, 0.2) is 0 Å². The summed E-state index contributed by atoms with van der Waals surface area (Å²) in [6, 6.07) is 4.39. The zero-order valence-electron chi connectivity index (χ0n) is 9.61. The first-order valence-corrected chi connectivity index (χ1v) is 5.99. The average Bonchev–Trinajstić information content (AvgIpc) is 2.60. The van der Waals surface area contributed by atoms with Gasteiger partial charge in [0.05, 0.1) is 11.7 Å². The molecule has 1 aliphatic rings. The zero-order chi connectivity index (χ0) is 11.0. The zero-order valence-corrected chi connectivity index (χ0v) is 9.61. The van der Waals surface area contributed by atoms with Crippen LogP contribution in [0.3, 0.4) is 0 Å². The highest BCUT2D eigenvalue weighted by atomic mass is 15.0. The molecule has 2 heterocycles. The van der Waals surface area contributed by atoms with E-state index in [9.17, 15) is 0 Å². The minimum atomic E-state index is 0.692. The Kier molecular flexibility index (Phi) is 2.40. The van der Waals surface area contributed by atoms with E-state index in [-0.39, 0.29) is 0 Å². The Morgan fingerprint density at radius 1 is 1.50 bits per heavy atom. The van der Waals surface area contributed by atoms with Crippen molar-refractivity contribution in [3.05, 3.63) is 35.9 Å². The highest BCUT2D eigenvalue weighted by Crippen LogP contribution is 2.35. The van der Waals surface area contributed by atoms with E-state index in [1.54, 1.807) is 0 Å². The Bertz CT molecular complexity index is 497. The third-order valence-corrected chi connectivity index (χ3v) is 3.48. The van der Waals surface area contributed by atoms with Crippen molar-refractivity contribution in [2.45, 2.75) is 31.7 Å². The van der Waals surface area contributed by atoms with E-state index in [0.717, 1.165) is 6.54 Å². The maximum atomic E-state index is 4.56. The molecule has 3 rings (SSSR count). The van der Waals surface area contributed by atoms with Gasteiger partial charge in [-0.3, -0.25) is 0 Å². The summed E-state index contributed by atoms with van der Waals surface area (Å²) in [4.78, 5) is 4.56. The Hall–Kier alpha value is -1.35. The lowest BCUT2D eigenvalue weighted by molar-refractivity contribution is 0.400. The van der Waals surface area contributed by atoms with Crippen molar-refractivity contribution in [3.63, 3.8) is 0 Å². The van der Waals surface area contributed by atoms with Gasteiger partial charge in [-0.25, -0.2) is 4.98 Å². The summed E-state index contributed by atoms with van der Waals surface area (Å²) in [5.74, 6) is 1.94. The molecule has 0 radical (unpaired) electrons. The third kappa shape index (κ3) is 1.52. The fraction of sp³-hybridized carbons (Fsp3) is 0.462. The van der Waals surface area contributed by atoms with Gasteiger partial charge in [-0.1, -0.05) is 6.42 Å². The van der Waals surface area contributed by atoms with Crippen LogP contribution in [0, 0.1) is 0 Å². The van der Waals surface area contributed by atoms with Crippen LogP contribution in [0.25, 0.3) is 5.52 Å². The number of hydrogen-bond acceptors (Lipinski definition) is 2. The molecule has 1 N–H and O–H groups in total. The SMILES string of the molecule is CNCc1ccn2c(C3CCC3)ncc2c1. The molecule has 1 saturated carbocycles. The molecule has 0 unspecified atom stereocenters. The van der Waals surface area contributed by atoms with Crippen molar-refractivity contribution >= 4 is 5.52 Å². The Morgan fingerprint density at radius 2 is 2.38 bits per heavy atom. The fourth-order valence-electron chi connectivity index (χ4n) is 2.35. The van der Waals surface area contributed by atoms with Crippen molar-refractivity contribution in [1.82, 2.24) is 14.7 Å². The predicted octanol–water partition coefficient (Wildman–Crippen LogP) is 2.32. The maximum Gasteiger partial charge on any atom is 0.116 e. The van der Waals surface area contributed by atoms with E-state index in [1.807, 2.05) is 13.2 Å². The number of pyridine rings is 1. The van der Waals surface area contributed by atoms with E-state index in [0.29, 0.717) is 5.92 Å². The van der Waals surface area contributed by atoms with E-state index < -0.39 is 0 Å². The summed E-state index contributed by atoms with van der Waals surface area (Å²) >= 11 is 0. The van der Waals surface area contributed by atoms with E-state index in [4.69, 9.17) is 0 Å². The van der Waals surface area contributed by atoms with Crippen molar-refractivity contribution in [2.75, 3.05) is 7.05 Å². The smallest absolute Gasteiger partial charge is 0.116 e. The van der Waals surface area contributed by atoms with Crippen molar-refractivity contribution < 1.29 is 0 Å². The molecule has 0 spiro atoms. The van der Waals surface area contributed by atoms with Gasteiger partial charge in [0, 0.05) is 18.7 Å². The molecule has 1 fully saturated rings. The summed E-state index contributed by atoms with van der Waals surface area (Å²) in [7, 11) is 1.97. The molecule has 84 valence electrons. The Balaban J connectivity index is 2.00. The summed E-state index contributed by atoms with van der Waals surface area (Å²) in [6.07, 6.45) is 8.11. The normalized spacial score (nSPS) is 16.6. The van der Waals surface area contributed by atoms with Crippen molar-refractivity contribution in [1.29, 1.82) is 0 Å². The molecule has 3 nitrogen and oxygen atoms in total. The van der Waals surface area contributed by atoms with Gasteiger partial charge in [0.2, 0.25) is 0 Å². The maximum absolute atomic E-state index is 4.56. The number of imidazole rings is 1. The van der Waals surface area contributed by atoms with Crippen LogP contribution in [-0.2, 0) is 6.54 Å². The third-order valence-electron chi connectivity index (χ3n) is 3.48. The Morgan fingerprint density at radius 3 is 3.06 bits per heavy atom. The first-order chi connectivity index (χ1) is 7.88. The molecule has 1 aliphatic carbocycles. The van der Waals surface area contributed by atoms with Crippen molar-refractivity contribution in [3.8, 4) is 0 Å². The minimum Gasteiger partial charge on any atom is -0.316 e. The van der Waals surface area contributed by atoms with Crippen LogP contribution in [0.15, 0.2) is 24.5 Å². The molecular weight excluding hydrogens is 198 g/mol. The van der Waals surface area contributed by atoms with Crippen LogP contribution in [0.1, 0.15) is 36.6 Å². The molecule has 0 aromatic carbocycles. The molecule has 0 atom stereocenters. The number of hydrogen-bond donors (Lipinski definition) is 1. The van der Waals surface area contributed by atoms with Gasteiger partial charge in [-0.15, -0.1) is 0 Å². The van der Waals surface area contributed by atoms with Crippen LogP contribution in [-0.4, -0.2) is 16.4 Å². The lowest BCUT2D eigenvalue weighted by atomic mass is 9.85. The second-order valence-electron chi connectivity index (χ2n) is 4.60. The van der Waals surface area contributed by atoms with Gasteiger partial charge in [0.25, 0.3) is 0 Å². The quantitative estimate of drug-likeness (QED) is 0.851. The van der Waals surface area contributed by atoms with E-state index in [1.165, 1.54) is 36.2 Å². The summed E-state index contributed by atoms with van der Waals surface area (Å²) in [5, 5.41) is 3.17. The fourth-order valence-corrected chi connectivity index (χ4v) is 2.35. The van der Waals surface area contributed by atoms with Crippen LogP contribution in [0.2, 0.25) is 0 Å². The molecule has 0 amide bonds. The lowest BCUT2D eigenvalue weighted by Gasteiger charge is -2.24. The van der Waals surface area contributed by atoms with Gasteiger partial charge < -0.3 is 9.72 Å². The monoisotopic (exact) mass is 215 g/mol. The summed E-state index contributed by atoms with van der Waals surface area (Å²) in [5.41, 5.74) is 2.53. The molecule has 0 aliphatic heterocycles. The number of aromatic nitrogens is 2. The van der Waals surface area contributed by atoms with Gasteiger partial charge >= 0.3 is 0 Å².